The van der Waals surface area contributed by atoms with Crippen LogP contribution in [0.15, 0.2) is 53.3 Å². The zero-order valence-corrected chi connectivity index (χ0v) is 13.8. The summed E-state index contributed by atoms with van der Waals surface area (Å²) in [4.78, 5) is 23.9. The number of nitrogens with one attached hydrogen (secondary N) is 2. The standard InChI is InChI=1S/C20H19N3O2/c24-19(11-14-6-3-5-13-4-1-2-7-17(13)14)21-16-8-9-18-15(10-16)12-20(25)23-22-18/h1-7,12,16H,8-11H2,(H,21,24)(H,23,25)/t16-/m1/s1. The lowest BCUT2D eigenvalue weighted by atomic mass is 9.92. The number of aromatic amines is 1. The molecule has 0 bridgehead atoms. The number of aromatic nitrogens is 2. The Kier molecular flexibility index (Phi) is 4.06. The second-order valence-electron chi connectivity index (χ2n) is 6.53. The van der Waals surface area contributed by atoms with Crippen LogP contribution in [-0.2, 0) is 24.1 Å². The second-order valence-corrected chi connectivity index (χ2v) is 6.53. The van der Waals surface area contributed by atoms with E-state index < -0.39 is 0 Å². The Morgan fingerprint density at radius 1 is 1.20 bits per heavy atom. The SMILES string of the molecule is O=C(Cc1cccc2ccccc12)N[C@@H]1CCc2n[nH]c(=O)cc2C1. The van der Waals surface area contributed by atoms with Gasteiger partial charge in [-0.1, -0.05) is 42.5 Å². The monoisotopic (exact) mass is 333 g/mol. The fraction of sp³-hybridized carbons (Fsp3) is 0.250. The van der Waals surface area contributed by atoms with Crippen molar-refractivity contribution in [1.29, 1.82) is 0 Å². The molecule has 4 rings (SSSR count). The van der Waals surface area contributed by atoms with Crippen LogP contribution in [0.5, 0.6) is 0 Å². The predicted molar refractivity (Wildman–Crippen MR) is 96.5 cm³/mol. The van der Waals surface area contributed by atoms with Crippen LogP contribution in [-0.4, -0.2) is 22.1 Å². The summed E-state index contributed by atoms with van der Waals surface area (Å²) >= 11 is 0. The fourth-order valence-electron chi connectivity index (χ4n) is 3.56. The molecule has 0 unspecified atom stereocenters. The third-order valence-electron chi connectivity index (χ3n) is 4.77. The van der Waals surface area contributed by atoms with Gasteiger partial charge in [-0.3, -0.25) is 9.59 Å². The minimum Gasteiger partial charge on any atom is -0.353 e. The summed E-state index contributed by atoms with van der Waals surface area (Å²) in [5.74, 6) is 0.0163. The van der Waals surface area contributed by atoms with Crippen molar-refractivity contribution < 1.29 is 4.79 Å². The predicted octanol–water partition coefficient (Wildman–Crippen LogP) is 2.14. The van der Waals surface area contributed by atoms with Crippen LogP contribution in [0.2, 0.25) is 0 Å². The number of H-pyrrole nitrogens is 1. The second kappa shape index (κ2) is 6.51. The van der Waals surface area contributed by atoms with E-state index in [9.17, 15) is 9.59 Å². The maximum absolute atomic E-state index is 12.5. The van der Waals surface area contributed by atoms with Crippen molar-refractivity contribution in [3.05, 3.63) is 75.7 Å². The third kappa shape index (κ3) is 3.31. The average molecular weight is 333 g/mol. The van der Waals surface area contributed by atoms with Crippen molar-refractivity contribution in [2.75, 3.05) is 0 Å². The van der Waals surface area contributed by atoms with E-state index in [1.807, 2.05) is 30.3 Å². The first-order chi connectivity index (χ1) is 12.2. The zero-order valence-electron chi connectivity index (χ0n) is 13.8. The maximum atomic E-state index is 12.5. The molecule has 1 aliphatic rings. The summed E-state index contributed by atoms with van der Waals surface area (Å²) < 4.78 is 0. The number of fused-ring (bicyclic) bond motifs is 2. The van der Waals surface area contributed by atoms with Crippen LogP contribution in [0, 0.1) is 0 Å². The van der Waals surface area contributed by atoms with Gasteiger partial charge in [0.05, 0.1) is 12.1 Å². The lowest BCUT2D eigenvalue weighted by molar-refractivity contribution is -0.121. The summed E-state index contributed by atoms with van der Waals surface area (Å²) in [6.07, 6.45) is 2.63. The molecule has 1 aromatic heterocycles. The van der Waals surface area contributed by atoms with E-state index in [1.165, 1.54) is 0 Å². The van der Waals surface area contributed by atoms with Gasteiger partial charge < -0.3 is 5.32 Å². The number of nitrogens with zero attached hydrogens (tertiary/aromatic N) is 1. The van der Waals surface area contributed by atoms with Gasteiger partial charge in [0.1, 0.15) is 0 Å². The first kappa shape index (κ1) is 15.6. The number of carbonyl (C=O) groups excluding carboxylic acids is 1. The molecule has 5 heteroatoms. The molecule has 0 saturated heterocycles. The molecule has 0 saturated carbocycles. The molecule has 0 spiro atoms. The number of hydrogen-bond acceptors (Lipinski definition) is 3. The first-order valence-corrected chi connectivity index (χ1v) is 8.52. The minimum absolute atomic E-state index is 0.0163. The van der Waals surface area contributed by atoms with Crippen LogP contribution in [0.4, 0.5) is 0 Å². The van der Waals surface area contributed by atoms with Gasteiger partial charge in [-0.2, -0.15) is 5.10 Å². The molecule has 1 heterocycles. The molecule has 1 aliphatic carbocycles. The summed E-state index contributed by atoms with van der Waals surface area (Å²) in [5.41, 5.74) is 2.70. The van der Waals surface area contributed by atoms with Crippen molar-refractivity contribution >= 4 is 16.7 Å². The Hall–Kier alpha value is -2.95. The Morgan fingerprint density at radius 2 is 2.04 bits per heavy atom. The van der Waals surface area contributed by atoms with Gasteiger partial charge in [0.15, 0.2) is 0 Å². The molecular weight excluding hydrogens is 314 g/mol. The molecule has 2 N–H and O–H groups in total. The highest BCUT2D eigenvalue weighted by molar-refractivity contribution is 5.90. The highest BCUT2D eigenvalue weighted by Crippen LogP contribution is 2.20. The quantitative estimate of drug-likeness (QED) is 0.771. The average Bonchev–Trinajstić information content (AvgIpc) is 2.61. The third-order valence-corrected chi connectivity index (χ3v) is 4.77. The van der Waals surface area contributed by atoms with Crippen LogP contribution < -0.4 is 10.9 Å². The van der Waals surface area contributed by atoms with Crippen molar-refractivity contribution in [2.45, 2.75) is 31.7 Å². The number of benzene rings is 2. The fourth-order valence-corrected chi connectivity index (χ4v) is 3.56. The summed E-state index contributed by atoms with van der Waals surface area (Å²) in [7, 11) is 0. The minimum atomic E-state index is -0.193. The topological polar surface area (TPSA) is 74.8 Å². The molecule has 1 atom stereocenters. The van der Waals surface area contributed by atoms with Crippen LogP contribution in [0.25, 0.3) is 10.8 Å². The molecule has 0 aliphatic heterocycles. The lowest BCUT2D eigenvalue weighted by Gasteiger charge is -2.24. The number of rotatable bonds is 3. The Labute approximate surface area is 145 Å². The van der Waals surface area contributed by atoms with Gasteiger partial charge in [0, 0.05) is 12.1 Å². The molecule has 1 amide bonds. The summed E-state index contributed by atoms with van der Waals surface area (Å²) in [6.45, 7) is 0. The van der Waals surface area contributed by atoms with Crippen molar-refractivity contribution in [3.63, 3.8) is 0 Å². The molecule has 3 aromatic rings. The van der Waals surface area contributed by atoms with Crippen molar-refractivity contribution in [3.8, 4) is 0 Å². The zero-order chi connectivity index (χ0) is 17.2. The normalized spacial score (nSPS) is 16.4. The molecule has 0 radical (unpaired) electrons. The van der Waals surface area contributed by atoms with E-state index in [1.54, 1.807) is 6.07 Å². The van der Waals surface area contributed by atoms with Gasteiger partial charge >= 0.3 is 0 Å². The highest BCUT2D eigenvalue weighted by Gasteiger charge is 2.21. The highest BCUT2D eigenvalue weighted by atomic mass is 16.1. The summed E-state index contributed by atoms with van der Waals surface area (Å²) in [5, 5.41) is 11.9. The van der Waals surface area contributed by atoms with E-state index in [4.69, 9.17) is 0 Å². The van der Waals surface area contributed by atoms with Crippen LogP contribution in [0.3, 0.4) is 0 Å². The molecule has 0 fully saturated rings. The van der Waals surface area contributed by atoms with E-state index in [0.29, 0.717) is 12.8 Å². The summed E-state index contributed by atoms with van der Waals surface area (Å²) in [6, 6.07) is 15.8. The van der Waals surface area contributed by atoms with Crippen LogP contribution in [0.1, 0.15) is 23.2 Å². The van der Waals surface area contributed by atoms with Crippen molar-refractivity contribution in [1.82, 2.24) is 15.5 Å². The first-order valence-electron chi connectivity index (χ1n) is 8.52. The smallest absolute Gasteiger partial charge is 0.264 e. The maximum Gasteiger partial charge on any atom is 0.264 e. The van der Waals surface area contributed by atoms with Gasteiger partial charge in [0.25, 0.3) is 5.56 Å². The van der Waals surface area contributed by atoms with Gasteiger partial charge in [0.2, 0.25) is 5.91 Å². The largest absolute Gasteiger partial charge is 0.353 e. The van der Waals surface area contributed by atoms with E-state index >= 15 is 0 Å². The van der Waals surface area contributed by atoms with E-state index in [0.717, 1.165) is 40.4 Å². The van der Waals surface area contributed by atoms with E-state index in [2.05, 4.69) is 27.6 Å². The number of aryl methyl sites for hydroxylation is 1. The number of hydrogen-bond donors (Lipinski definition) is 2. The van der Waals surface area contributed by atoms with Crippen molar-refractivity contribution in [2.24, 2.45) is 0 Å². The molecule has 5 nitrogen and oxygen atoms in total. The van der Waals surface area contributed by atoms with Gasteiger partial charge in [-0.15, -0.1) is 0 Å². The molecule has 25 heavy (non-hydrogen) atoms. The van der Waals surface area contributed by atoms with Gasteiger partial charge in [-0.25, -0.2) is 5.10 Å². The Morgan fingerprint density at radius 3 is 2.96 bits per heavy atom. The molecule has 2 aromatic carbocycles. The molecular formula is C20H19N3O2. The number of carbonyl (C=O) groups is 1. The van der Waals surface area contributed by atoms with Gasteiger partial charge in [-0.05, 0) is 41.2 Å². The molecule has 126 valence electrons. The lowest BCUT2D eigenvalue weighted by Crippen LogP contribution is -2.40. The van der Waals surface area contributed by atoms with E-state index in [-0.39, 0.29) is 17.5 Å². The Bertz CT molecular complexity index is 988. The van der Waals surface area contributed by atoms with Crippen LogP contribution >= 0.6 is 0 Å². The Balaban J connectivity index is 1.47. The number of amides is 1.